The second-order valence-corrected chi connectivity index (χ2v) is 10.5. The molecule has 0 atom stereocenters. The van der Waals surface area contributed by atoms with Crippen molar-refractivity contribution >= 4 is 23.5 Å². The van der Waals surface area contributed by atoms with Crippen LogP contribution < -0.4 is 5.32 Å². The van der Waals surface area contributed by atoms with Crippen molar-refractivity contribution in [3.8, 4) is 17.1 Å². The fraction of sp³-hybridized carbons (Fsp3) is 0.214. The van der Waals surface area contributed by atoms with Crippen LogP contribution in [0.5, 0.6) is 0 Å². The summed E-state index contributed by atoms with van der Waals surface area (Å²) in [5, 5.41) is 17.3. The quantitative estimate of drug-likeness (QED) is 0.264. The molecular weight excluding hydrogens is 484 g/mol. The second kappa shape index (κ2) is 10.5. The lowest BCUT2D eigenvalue weighted by Crippen LogP contribution is -2.17. The van der Waals surface area contributed by atoms with Gasteiger partial charge in [-0.1, -0.05) is 81.1 Å². The highest BCUT2D eigenvalue weighted by atomic mass is 32.2. The molecule has 1 N–H and O–H groups in total. The van der Waals surface area contributed by atoms with E-state index in [9.17, 15) is 4.79 Å². The number of nitrogens with one attached hydrogen (secondary N) is 1. The summed E-state index contributed by atoms with van der Waals surface area (Å²) >= 11 is 1.33. The van der Waals surface area contributed by atoms with E-state index < -0.39 is 0 Å². The largest absolute Gasteiger partial charge is 0.467 e. The summed E-state index contributed by atoms with van der Waals surface area (Å²) < 4.78 is 9.31. The van der Waals surface area contributed by atoms with E-state index in [1.807, 2.05) is 83.4 Å². The molecule has 0 radical (unpaired) electrons. The summed E-state index contributed by atoms with van der Waals surface area (Å²) in [5.74, 6) is 2.14. The van der Waals surface area contributed by atoms with E-state index in [0.29, 0.717) is 17.5 Å². The SMILES string of the molecule is CC(C)(C)c1cc(NC(=O)CSc2nnc(-c3ccccc3)n2Cc2ccco2)n(-c2ccccc2)n1. The average Bonchev–Trinajstić information content (AvgIpc) is 3.65. The van der Waals surface area contributed by atoms with Crippen molar-refractivity contribution in [2.45, 2.75) is 37.9 Å². The van der Waals surface area contributed by atoms with E-state index in [1.165, 1.54) is 11.8 Å². The minimum atomic E-state index is -0.162. The number of nitrogens with zero attached hydrogens (tertiary/aromatic N) is 5. The van der Waals surface area contributed by atoms with Crippen molar-refractivity contribution in [3.05, 3.63) is 96.6 Å². The lowest BCUT2D eigenvalue weighted by Gasteiger charge is -2.14. The third-order valence-electron chi connectivity index (χ3n) is 5.72. The Balaban J connectivity index is 1.36. The van der Waals surface area contributed by atoms with Gasteiger partial charge in [-0.15, -0.1) is 10.2 Å². The van der Waals surface area contributed by atoms with Crippen molar-refractivity contribution < 1.29 is 9.21 Å². The maximum absolute atomic E-state index is 13.1. The Bertz CT molecular complexity index is 1470. The number of carbonyl (C=O) groups excluding carboxylic acids is 1. The minimum absolute atomic E-state index is 0.156. The number of rotatable bonds is 8. The molecule has 0 fully saturated rings. The standard InChI is InChI=1S/C28H28N6O2S/c1-28(2,3)23-17-24(34(32-23)21-13-8-5-9-14-21)29-25(35)19-37-27-31-30-26(20-11-6-4-7-12-20)33(27)18-22-15-10-16-36-22/h4-17H,18-19H2,1-3H3,(H,29,35). The highest BCUT2D eigenvalue weighted by Crippen LogP contribution is 2.28. The van der Waals surface area contributed by atoms with Crippen LogP contribution in [0.25, 0.3) is 17.1 Å². The summed E-state index contributed by atoms with van der Waals surface area (Å²) in [6.07, 6.45) is 1.64. The van der Waals surface area contributed by atoms with Gasteiger partial charge in [0.2, 0.25) is 5.91 Å². The molecule has 0 spiro atoms. The monoisotopic (exact) mass is 512 g/mol. The fourth-order valence-corrected chi connectivity index (χ4v) is 4.55. The van der Waals surface area contributed by atoms with Gasteiger partial charge in [0.15, 0.2) is 11.0 Å². The van der Waals surface area contributed by atoms with Crippen LogP contribution in [0.1, 0.15) is 32.2 Å². The van der Waals surface area contributed by atoms with Crippen LogP contribution in [-0.2, 0) is 16.8 Å². The molecule has 1 amide bonds. The Morgan fingerprint density at radius 3 is 2.38 bits per heavy atom. The Morgan fingerprint density at radius 1 is 0.973 bits per heavy atom. The third kappa shape index (κ3) is 5.67. The molecule has 0 saturated heterocycles. The first-order chi connectivity index (χ1) is 17.9. The average molecular weight is 513 g/mol. The lowest BCUT2D eigenvalue weighted by atomic mass is 9.92. The van der Waals surface area contributed by atoms with Gasteiger partial charge in [-0.2, -0.15) is 5.10 Å². The summed E-state index contributed by atoms with van der Waals surface area (Å²) in [7, 11) is 0. The number of hydrogen-bond donors (Lipinski definition) is 1. The van der Waals surface area contributed by atoms with Gasteiger partial charge in [-0.3, -0.25) is 9.36 Å². The number of amides is 1. The number of hydrogen-bond acceptors (Lipinski definition) is 6. The van der Waals surface area contributed by atoms with Gasteiger partial charge >= 0.3 is 0 Å². The molecule has 3 aromatic heterocycles. The molecule has 8 nitrogen and oxygen atoms in total. The van der Waals surface area contributed by atoms with Gasteiger partial charge in [-0.25, -0.2) is 4.68 Å². The van der Waals surface area contributed by atoms with Crippen LogP contribution in [0.15, 0.2) is 94.7 Å². The van der Waals surface area contributed by atoms with Gasteiger partial charge < -0.3 is 9.73 Å². The normalized spacial score (nSPS) is 11.5. The van der Waals surface area contributed by atoms with Crippen LogP contribution in [0, 0.1) is 0 Å². The molecule has 5 rings (SSSR count). The predicted octanol–water partition coefficient (Wildman–Crippen LogP) is 5.80. The molecule has 0 saturated carbocycles. The number of anilines is 1. The summed E-state index contributed by atoms with van der Waals surface area (Å²) in [6.45, 7) is 6.76. The maximum Gasteiger partial charge on any atom is 0.236 e. The number of para-hydroxylation sites is 1. The number of carbonyl (C=O) groups is 1. The highest BCUT2D eigenvalue weighted by Gasteiger charge is 2.22. The second-order valence-electron chi connectivity index (χ2n) is 9.59. The molecule has 0 bridgehead atoms. The van der Waals surface area contributed by atoms with Crippen LogP contribution in [0.2, 0.25) is 0 Å². The minimum Gasteiger partial charge on any atom is -0.467 e. The van der Waals surface area contributed by atoms with Crippen molar-refractivity contribution in [1.29, 1.82) is 0 Å². The number of thioether (sulfide) groups is 1. The molecule has 0 aliphatic heterocycles. The Morgan fingerprint density at radius 2 is 1.70 bits per heavy atom. The smallest absolute Gasteiger partial charge is 0.236 e. The van der Waals surface area contributed by atoms with Crippen LogP contribution in [0.4, 0.5) is 5.82 Å². The van der Waals surface area contributed by atoms with Gasteiger partial charge in [-0.05, 0) is 24.3 Å². The number of aromatic nitrogens is 5. The van der Waals surface area contributed by atoms with E-state index in [0.717, 1.165) is 28.5 Å². The lowest BCUT2D eigenvalue weighted by molar-refractivity contribution is -0.113. The molecule has 3 heterocycles. The van der Waals surface area contributed by atoms with Gasteiger partial charge in [0.1, 0.15) is 11.6 Å². The van der Waals surface area contributed by atoms with Crippen molar-refractivity contribution in [3.63, 3.8) is 0 Å². The Hall–Kier alpha value is -4.11. The molecule has 0 aliphatic carbocycles. The molecular formula is C28H28N6O2S. The zero-order chi connectivity index (χ0) is 25.8. The highest BCUT2D eigenvalue weighted by molar-refractivity contribution is 7.99. The molecule has 188 valence electrons. The fourth-order valence-electron chi connectivity index (χ4n) is 3.81. The van der Waals surface area contributed by atoms with Crippen molar-refractivity contribution in [2.75, 3.05) is 11.1 Å². The zero-order valence-corrected chi connectivity index (χ0v) is 21.8. The van der Waals surface area contributed by atoms with Crippen LogP contribution >= 0.6 is 11.8 Å². The van der Waals surface area contributed by atoms with E-state index in [1.54, 1.807) is 10.9 Å². The predicted molar refractivity (Wildman–Crippen MR) is 145 cm³/mol. The van der Waals surface area contributed by atoms with Crippen LogP contribution in [-0.4, -0.2) is 36.2 Å². The zero-order valence-electron chi connectivity index (χ0n) is 21.0. The maximum atomic E-state index is 13.1. The van der Waals surface area contributed by atoms with Crippen molar-refractivity contribution in [1.82, 2.24) is 24.5 Å². The van der Waals surface area contributed by atoms with Crippen LogP contribution in [0.3, 0.4) is 0 Å². The first kappa shape index (κ1) is 24.6. The van der Waals surface area contributed by atoms with Gasteiger partial charge in [0.05, 0.1) is 29.9 Å². The van der Waals surface area contributed by atoms with E-state index >= 15 is 0 Å². The summed E-state index contributed by atoms with van der Waals surface area (Å²) in [6, 6.07) is 25.3. The number of benzene rings is 2. The molecule has 9 heteroatoms. The topological polar surface area (TPSA) is 90.8 Å². The van der Waals surface area contributed by atoms with Crippen molar-refractivity contribution in [2.24, 2.45) is 0 Å². The summed E-state index contributed by atoms with van der Waals surface area (Å²) in [5.41, 5.74) is 2.56. The Labute approximate surface area is 219 Å². The Kier molecular flexibility index (Phi) is 6.96. The summed E-state index contributed by atoms with van der Waals surface area (Å²) in [4.78, 5) is 13.1. The van der Waals surface area contributed by atoms with Gasteiger partial charge in [0.25, 0.3) is 0 Å². The first-order valence-electron chi connectivity index (χ1n) is 12.0. The van der Waals surface area contributed by atoms with E-state index in [-0.39, 0.29) is 17.1 Å². The molecule has 2 aromatic carbocycles. The molecule has 37 heavy (non-hydrogen) atoms. The number of furan rings is 1. The molecule has 0 unspecified atom stereocenters. The molecule has 0 aliphatic rings. The van der Waals surface area contributed by atoms with Gasteiger partial charge in [0, 0.05) is 17.0 Å². The van der Waals surface area contributed by atoms with E-state index in [2.05, 4.69) is 36.3 Å². The molecule has 5 aromatic rings. The first-order valence-corrected chi connectivity index (χ1v) is 13.0. The third-order valence-corrected chi connectivity index (χ3v) is 6.69. The van der Waals surface area contributed by atoms with E-state index in [4.69, 9.17) is 9.52 Å².